The molecule has 0 bridgehead atoms. The summed E-state index contributed by atoms with van der Waals surface area (Å²) in [5.41, 5.74) is 1.77. The molecule has 0 aromatic heterocycles. The monoisotopic (exact) mass is 275 g/mol. The van der Waals surface area contributed by atoms with E-state index in [0.717, 1.165) is 5.56 Å². The molecule has 0 atom stereocenters. The number of rotatable bonds is 4. The van der Waals surface area contributed by atoms with Crippen molar-refractivity contribution in [2.24, 2.45) is 0 Å². The normalized spacial score (nSPS) is 11.0. The lowest BCUT2D eigenvalue weighted by Crippen LogP contribution is -2.12. The van der Waals surface area contributed by atoms with Crippen LogP contribution in [-0.2, 0) is 10.0 Å². The number of anilines is 1. The Hall–Kier alpha value is -2.14. The summed E-state index contributed by atoms with van der Waals surface area (Å²) in [6.07, 6.45) is 0.670. The van der Waals surface area contributed by atoms with E-state index in [1.165, 1.54) is 6.07 Å². The summed E-state index contributed by atoms with van der Waals surface area (Å²) in [4.78, 5) is 10.8. The summed E-state index contributed by atoms with van der Waals surface area (Å²) >= 11 is 0. The van der Waals surface area contributed by atoms with Gasteiger partial charge < -0.3 is 0 Å². The second-order valence-corrected chi connectivity index (χ2v) is 5.84. The van der Waals surface area contributed by atoms with E-state index in [2.05, 4.69) is 4.72 Å². The molecule has 0 amide bonds. The quantitative estimate of drug-likeness (QED) is 0.872. The van der Waals surface area contributed by atoms with Gasteiger partial charge in [-0.3, -0.25) is 9.52 Å². The van der Waals surface area contributed by atoms with Gasteiger partial charge in [-0.25, -0.2) is 8.42 Å². The third kappa shape index (κ3) is 3.20. The van der Waals surface area contributed by atoms with Crippen molar-refractivity contribution in [1.82, 2.24) is 0 Å². The predicted octanol–water partition coefficient (Wildman–Crippen LogP) is 2.61. The lowest BCUT2D eigenvalue weighted by atomic mass is 10.2. The molecular weight excluding hydrogens is 262 g/mol. The number of hydrogen-bond donors (Lipinski definition) is 1. The molecule has 0 spiro atoms. The second-order valence-electron chi connectivity index (χ2n) is 4.16. The van der Waals surface area contributed by atoms with E-state index in [4.69, 9.17) is 0 Å². The van der Waals surface area contributed by atoms with Crippen molar-refractivity contribution >= 4 is 22.0 Å². The lowest BCUT2D eigenvalue weighted by Gasteiger charge is -2.08. The summed E-state index contributed by atoms with van der Waals surface area (Å²) in [5, 5.41) is 0. The summed E-state index contributed by atoms with van der Waals surface area (Å²) in [5.74, 6) is 0. The van der Waals surface area contributed by atoms with Crippen LogP contribution in [0.25, 0.3) is 0 Å². The molecule has 19 heavy (non-hydrogen) atoms. The second kappa shape index (κ2) is 5.24. The van der Waals surface area contributed by atoms with Crippen molar-refractivity contribution in [3.05, 3.63) is 59.7 Å². The van der Waals surface area contributed by atoms with E-state index in [1.807, 2.05) is 6.92 Å². The predicted molar refractivity (Wildman–Crippen MR) is 73.8 cm³/mol. The van der Waals surface area contributed by atoms with Crippen LogP contribution in [0.1, 0.15) is 15.9 Å². The fourth-order valence-electron chi connectivity index (χ4n) is 1.61. The van der Waals surface area contributed by atoms with Crippen LogP contribution in [0.4, 0.5) is 5.69 Å². The highest BCUT2D eigenvalue weighted by Gasteiger charge is 2.13. The number of nitrogens with one attached hydrogen (secondary N) is 1. The molecule has 0 radical (unpaired) electrons. The van der Waals surface area contributed by atoms with Crippen LogP contribution in [0.15, 0.2) is 53.4 Å². The highest BCUT2D eigenvalue weighted by molar-refractivity contribution is 7.92. The van der Waals surface area contributed by atoms with Gasteiger partial charge in [-0.15, -0.1) is 0 Å². The van der Waals surface area contributed by atoms with Crippen molar-refractivity contribution in [2.45, 2.75) is 11.8 Å². The minimum absolute atomic E-state index is 0.189. The third-order valence-corrected chi connectivity index (χ3v) is 4.00. The fraction of sp³-hybridized carbons (Fsp3) is 0.0714. The number of aldehydes is 1. The van der Waals surface area contributed by atoms with Crippen LogP contribution in [0.3, 0.4) is 0 Å². The van der Waals surface area contributed by atoms with E-state index in [-0.39, 0.29) is 4.90 Å². The molecule has 0 aliphatic carbocycles. The van der Waals surface area contributed by atoms with Crippen LogP contribution in [0.2, 0.25) is 0 Å². The molecule has 0 saturated carbocycles. The zero-order valence-corrected chi connectivity index (χ0v) is 11.1. The zero-order valence-electron chi connectivity index (χ0n) is 10.3. The molecule has 5 heteroatoms. The van der Waals surface area contributed by atoms with Crippen LogP contribution in [0.5, 0.6) is 0 Å². The van der Waals surface area contributed by atoms with Gasteiger partial charge in [-0.05, 0) is 31.2 Å². The number of benzene rings is 2. The van der Waals surface area contributed by atoms with E-state index < -0.39 is 10.0 Å². The Morgan fingerprint density at radius 1 is 1.05 bits per heavy atom. The lowest BCUT2D eigenvalue weighted by molar-refractivity contribution is 0.112. The van der Waals surface area contributed by atoms with Gasteiger partial charge in [0.2, 0.25) is 0 Å². The van der Waals surface area contributed by atoms with Gasteiger partial charge in [0.1, 0.15) is 6.29 Å². The van der Waals surface area contributed by atoms with E-state index >= 15 is 0 Å². The summed E-state index contributed by atoms with van der Waals surface area (Å²) in [6, 6.07) is 12.9. The fourth-order valence-corrected chi connectivity index (χ4v) is 2.66. The maximum Gasteiger partial charge on any atom is 0.261 e. The molecule has 0 saturated heterocycles. The van der Waals surface area contributed by atoms with Gasteiger partial charge in [-0.1, -0.05) is 29.8 Å². The Balaban J connectivity index is 2.30. The first-order chi connectivity index (χ1) is 9.01. The number of carbonyl (C=O) groups is 1. The highest BCUT2D eigenvalue weighted by Crippen LogP contribution is 2.17. The topological polar surface area (TPSA) is 63.2 Å². The molecule has 2 rings (SSSR count). The highest BCUT2D eigenvalue weighted by atomic mass is 32.2. The minimum atomic E-state index is -3.62. The summed E-state index contributed by atoms with van der Waals surface area (Å²) in [7, 11) is -3.62. The maximum atomic E-state index is 12.1. The van der Waals surface area contributed by atoms with Crippen LogP contribution >= 0.6 is 0 Å². The molecule has 2 aromatic rings. The van der Waals surface area contributed by atoms with Gasteiger partial charge in [0.15, 0.2) is 0 Å². The zero-order chi connectivity index (χ0) is 13.9. The van der Waals surface area contributed by atoms with Crippen LogP contribution in [-0.4, -0.2) is 14.7 Å². The molecule has 0 aliphatic heterocycles. The molecule has 2 aromatic carbocycles. The third-order valence-electron chi connectivity index (χ3n) is 2.61. The van der Waals surface area contributed by atoms with Crippen LogP contribution < -0.4 is 4.72 Å². The molecular formula is C14H13NO3S. The SMILES string of the molecule is Cc1ccc(S(=O)(=O)Nc2cccc(C=O)c2)cc1. The first kappa shape index (κ1) is 13.3. The van der Waals surface area contributed by atoms with Gasteiger partial charge in [0, 0.05) is 11.3 Å². The number of sulfonamides is 1. The van der Waals surface area contributed by atoms with E-state index in [0.29, 0.717) is 17.5 Å². The average Bonchev–Trinajstić information content (AvgIpc) is 2.39. The molecule has 0 aliphatic rings. The van der Waals surface area contributed by atoms with Gasteiger partial charge >= 0.3 is 0 Å². The molecule has 98 valence electrons. The first-order valence-electron chi connectivity index (χ1n) is 5.66. The van der Waals surface area contributed by atoms with Crippen molar-refractivity contribution in [3.63, 3.8) is 0 Å². The summed E-state index contributed by atoms with van der Waals surface area (Å²) in [6.45, 7) is 1.89. The number of carbonyl (C=O) groups excluding carboxylic acids is 1. The van der Waals surface area contributed by atoms with Crippen molar-refractivity contribution < 1.29 is 13.2 Å². The number of aryl methyl sites for hydroxylation is 1. The Morgan fingerprint density at radius 3 is 2.37 bits per heavy atom. The molecule has 1 N–H and O–H groups in total. The standard InChI is InChI=1S/C14H13NO3S/c1-11-5-7-14(8-6-11)19(17,18)15-13-4-2-3-12(9-13)10-16/h2-10,15H,1H3. The smallest absolute Gasteiger partial charge is 0.261 e. The van der Waals surface area contributed by atoms with Crippen LogP contribution in [0, 0.1) is 6.92 Å². The van der Waals surface area contributed by atoms with E-state index in [9.17, 15) is 13.2 Å². The largest absolute Gasteiger partial charge is 0.298 e. The average molecular weight is 275 g/mol. The minimum Gasteiger partial charge on any atom is -0.298 e. The molecule has 4 nitrogen and oxygen atoms in total. The van der Waals surface area contributed by atoms with Gasteiger partial charge in [0.25, 0.3) is 10.0 Å². The Morgan fingerprint density at radius 2 is 1.74 bits per heavy atom. The van der Waals surface area contributed by atoms with E-state index in [1.54, 1.807) is 42.5 Å². The molecule has 0 fully saturated rings. The maximum absolute atomic E-state index is 12.1. The Bertz CT molecular complexity index is 691. The molecule has 0 unspecified atom stereocenters. The Labute approximate surface area is 112 Å². The first-order valence-corrected chi connectivity index (χ1v) is 7.14. The van der Waals surface area contributed by atoms with Crippen molar-refractivity contribution in [3.8, 4) is 0 Å². The molecule has 0 heterocycles. The van der Waals surface area contributed by atoms with Gasteiger partial charge in [0.05, 0.1) is 4.90 Å². The van der Waals surface area contributed by atoms with Gasteiger partial charge in [-0.2, -0.15) is 0 Å². The Kier molecular flexibility index (Phi) is 3.66. The number of hydrogen-bond acceptors (Lipinski definition) is 3. The van der Waals surface area contributed by atoms with Crippen molar-refractivity contribution in [2.75, 3.05) is 4.72 Å². The van der Waals surface area contributed by atoms with Crippen molar-refractivity contribution in [1.29, 1.82) is 0 Å². The summed E-state index contributed by atoms with van der Waals surface area (Å²) < 4.78 is 26.7.